The van der Waals surface area contributed by atoms with Crippen molar-refractivity contribution in [1.29, 1.82) is 0 Å². The van der Waals surface area contributed by atoms with Crippen LogP contribution >= 0.6 is 0 Å². The van der Waals surface area contributed by atoms with E-state index in [2.05, 4.69) is 29.0 Å². The van der Waals surface area contributed by atoms with Crippen molar-refractivity contribution in [3.63, 3.8) is 0 Å². The zero-order valence-electron chi connectivity index (χ0n) is 20.9. The van der Waals surface area contributed by atoms with Crippen LogP contribution in [0.4, 0.5) is 11.6 Å². The van der Waals surface area contributed by atoms with Gasteiger partial charge in [-0.05, 0) is 62.8 Å². The maximum Gasteiger partial charge on any atom is 0.260 e. The average Bonchev–Trinajstić information content (AvgIpc) is 2.88. The summed E-state index contributed by atoms with van der Waals surface area (Å²) in [7, 11) is 0. The van der Waals surface area contributed by atoms with Crippen LogP contribution in [0.2, 0.25) is 0 Å². The number of fused-ring (bicyclic) bond motifs is 1. The van der Waals surface area contributed by atoms with E-state index in [0.29, 0.717) is 30.3 Å². The maximum absolute atomic E-state index is 13.3. The molecule has 0 saturated carbocycles. The van der Waals surface area contributed by atoms with Crippen molar-refractivity contribution in [1.82, 2.24) is 19.4 Å². The summed E-state index contributed by atoms with van der Waals surface area (Å²) in [6, 6.07) is 19.4. The molecule has 1 N–H and O–H groups in total. The molecule has 0 fully saturated rings. The second kappa shape index (κ2) is 11.1. The van der Waals surface area contributed by atoms with Crippen LogP contribution in [0.5, 0.6) is 5.75 Å². The summed E-state index contributed by atoms with van der Waals surface area (Å²) in [4.78, 5) is 25.0. The molecule has 0 unspecified atom stereocenters. The molecule has 2 aromatic carbocycles. The highest BCUT2D eigenvalue weighted by molar-refractivity contribution is 5.84. The van der Waals surface area contributed by atoms with Gasteiger partial charge in [-0.1, -0.05) is 44.2 Å². The summed E-state index contributed by atoms with van der Waals surface area (Å²) in [5, 5.41) is 4.14. The van der Waals surface area contributed by atoms with Gasteiger partial charge < -0.3 is 15.0 Å². The van der Waals surface area contributed by atoms with Gasteiger partial charge in [-0.25, -0.2) is 4.98 Å². The Hall–Kier alpha value is -3.71. The molecule has 0 saturated heterocycles. The smallest absolute Gasteiger partial charge is 0.260 e. The fourth-order valence-electron chi connectivity index (χ4n) is 4.16. The Morgan fingerprint density at radius 3 is 2.34 bits per heavy atom. The van der Waals surface area contributed by atoms with E-state index in [1.54, 1.807) is 4.57 Å². The molecule has 4 rings (SSSR count). The summed E-state index contributed by atoms with van der Waals surface area (Å²) in [6.07, 6.45) is 0. The Morgan fingerprint density at radius 1 is 0.971 bits per heavy atom. The summed E-state index contributed by atoms with van der Waals surface area (Å²) < 4.78 is 7.59. The van der Waals surface area contributed by atoms with Gasteiger partial charge in [0.25, 0.3) is 5.56 Å². The van der Waals surface area contributed by atoms with E-state index in [1.165, 1.54) is 0 Å². The summed E-state index contributed by atoms with van der Waals surface area (Å²) in [5.74, 6) is 1.28. The highest BCUT2D eigenvalue weighted by Gasteiger charge is 2.15. The highest BCUT2D eigenvalue weighted by atomic mass is 16.5. The zero-order chi connectivity index (χ0) is 24.8. The molecule has 0 bridgehead atoms. The molecule has 0 spiro atoms. The first-order valence-corrected chi connectivity index (χ1v) is 12.2. The molecule has 7 nitrogen and oxygen atoms in total. The molecule has 0 aliphatic carbocycles. The molecule has 35 heavy (non-hydrogen) atoms. The van der Waals surface area contributed by atoms with Gasteiger partial charge in [0.05, 0.1) is 5.69 Å². The molecule has 0 atom stereocenters. The van der Waals surface area contributed by atoms with E-state index in [9.17, 15) is 4.79 Å². The summed E-state index contributed by atoms with van der Waals surface area (Å²) in [5.41, 5.74) is 3.79. The number of hydrogen-bond donors (Lipinski definition) is 1. The van der Waals surface area contributed by atoms with Crippen molar-refractivity contribution in [3.05, 3.63) is 76.7 Å². The molecule has 0 aliphatic rings. The Kier molecular flexibility index (Phi) is 7.77. The van der Waals surface area contributed by atoms with Crippen LogP contribution < -0.4 is 15.6 Å². The fourth-order valence-corrected chi connectivity index (χ4v) is 4.16. The number of ether oxygens (including phenoxy) is 1. The molecule has 0 radical (unpaired) electrons. The number of likely N-dealkylation sites (N-methyl/N-ethyl adjacent to an activating group) is 1. The van der Waals surface area contributed by atoms with Crippen LogP contribution in [0.1, 0.15) is 26.5 Å². The van der Waals surface area contributed by atoms with Crippen molar-refractivity contribution >= 4 is 22.7 Å². The van der Waals surface area contributed by atoms with Crippen molar-refractivity contribution in [2.45, 2.75) is 34.2 Å². The number of benzene rings is 2. The van der Waals surface area contributed by atoms with E-state index in [-0.39, 0.29) is 5.56 Å². The van der Waals surface area contributed by atoms with Crippen molar-refractivity contribution in [3.8, 4) is 16.9 Å². The van der Waals surface area contributed by atoms with E-state index in [0.717, 1.165) is 47.7 Å². The van der Waals surface area contributed by atoms with Gasteiger partial charge in [-0.15, -0.1) is 0 Å². The topological polar surface area (TPSA) is 72.3 Å². The second-order valence-corrected chi connectivity index (χ2v) is 8.37. The number of nitrogens with zero attached hydrogens (tertiary/aromatic N) is 4. The van der Waals surface area contributed by atoms with E-state index >= 15 is 0 Å². The minimum atomic E-state index is -0.0542. The largest absolute Gasteiger partial charge is 0.492 e. The van der Waals surface area contributed by atoms with Crippen LogP contribution in [0.25, 0.3) is 22.2 Å². The molecule has 2 heterocycles. The van der Waals surface area contributed by atoms with Gasteiger partial charge in [0.1, 0.15) is 18.0 Å². The van der Waals surface area contributed by atoms with Crippen LogP contribution in [0.3, 0.4) is 0 Å². The normalized spacial score (nSPS) is 11.2. The standard InChI is InChI=1S/C28H33N5O2/c1-5-32(6-2)17-18-35-23-15-13-22(14-16-23)30-28-29-20(4)24-19-25(21-11-9-8-10-12-21)27(34)33(7-3)26(24)31-28/h8-16,19H,5-7,17-18H2,1-4H3,(H,29,30,31). The predicted octanol–water partition coefficient (Wildman–Crippen LogP) is 5.25. The van der Waals surface area contributed by atoms with Crippen LogP contribution in [0.15, 0.2) is 65.5 Å². The molecule has 0 aliphatic heterocycles. The lowest BCUT2D eigenvalue weighted by atomic mass is 10.1. The molecule has 182 valence electrons. The fraction of sp³-hybridized carbons (Fsp3) is 0.321. The third-order valence-electron chi connectivity index (χ3n) is 6.22. The van der Waals surface area contributed by atoms with Gasteiger partial charge in [0.2, 0.25) is 5.95 Å². The lowest BCUT2D eigenvalue weighted by Crippen LogP contribution is -2.27. The van der Waals surface area contributed by atoms with Gasteiger partial charge >= 0.3 is 0 Å². The first-order valence-electron chi connectivity index (χ1n) is 12.2. The van der Waals surface area contributed by atoms with E-state index < -0.39 is 0 Å². The lowest BCUT2D eigenvalue weighted by Gasteiger charge is -2.18. The van der Waals surface area contributed by atoms with Crippen molar-refractivity contribution in [2.75, 3.05) is 31.6 Å². The molecular formula is C28H33N5O2. The minimum absolute atomic E-state index is 0.0542. The quantitative estimate of drug-likeness (QED) is 0.341. The third-order valence-corrected chi connectivity index (χ3v) is 6.22. The first-order chi connectivity index (χ1) is 17.0. The number of aromatic nitrogens is 3. The highest BCUT2D eigenvalue weighted by Crippen LogP contribution is 2.24. The molecule has 2 aromatic heterocycles. The van der Waals surface area contributed by atoms with Crippen molar-refractivity contribution < 1.29 is 4.74 Å². The Labute approximate surface area is 206 Å². The monoisotopic (exact) mass is 471 g/mol. The van der Waals surface area contributed by atoms with Gasteiger partial charge in [-0.2, -0.15) is 4.98 Å². The lowest BCUT2D eigenvalue weighted by molar-refractivity contribution is 0.223. The number of nitrogens with one attached hydrogen (secondary N) is 1. The van der Waals surface area contributed by atoms with Crippen LogP contribution in [0, 0.1) is 6.92 Å². The van der Waals surface area contributed by atoms with E-state index in [1.807, 2.05) is 74.5 Å². The average molecular weight is 472 g/mol. The maximum atomic E-state index is 13.3. The molecule has 4 aromatic rings. The second-order valence-electron chi connectivity index (χ2n) is 8.37. The molecule has 7 heteroatoms. The Bertz CT molecular complexity index is 1330. The predicted molar refractivity (Wildman–Crippen MR) is 143 cm³/mol. The van der Waals surface area contributed by atoms with Gasteiger partial charge in [0.15, 0.2) is 0 Å². The summed E-state index contributed by atoms with van der Waals surface area (Å²) in [6.45, 7) is 12.3. The summed E-state index contributed by atoms with van der Waals surface area (Å²) >= 11 is 0. The SMILES string of the molecule is CCN(CC)CCOc1ccc(Nc2nc(C)c3cc(-c4ccccc4)c(=O)n(CC)c3n2)cc1. The Morgan fingerprint density at radius 2 is 1.69 bits per heavy atom. The number of rotatable bonds is 10. The van der Waals surface area contributed by atoms with Crippen LogP contribution in [-0.4, -0.2) is 45.7 Å². The number of anilines is 2. The van der Waals surface area contributed by atoms with Crippen molar-refractivity contribution in [2.24, 2.45) is 0 Å². The first kappa shape index (κ1) is 24.4. The number of hydrogen-bond acceptors (Lipinski definition) is 6. The van der Waals surface area contributed by atoms with E-state index in [4.69, 9.17) is 9.72 Å². The number of aryl methyl sites for hydroxylation is 2. The van der Waals surface area contributed by atoms with Crippen LogP contribution in [-0.2, 0) is 6.54 Å². The minimum Gasteiger partial charge on any atom is -0.492 e. The zero-order valence-corrected chi connectivity index (χ0v) is 20.9. The number of pyridine rings is 1. The van der Waals surface area contributed by atoms with Gasteiger partial charge in [0, 0.05) is 29.7 Å². The third kappa shape index (κ3) is 5.52. The van der Waals surface area contributed by atoms with Gasteiger partial charge in [-0.3, -0.25) is 9.36 Å². The molecular weight excluding hydrogens is 438 g/mol. The molecule has 0 amide bonds. The Balaban J connectivity index is 1.57.